The molecule has 3 aliphatic rings. The molecule has 2 atom stereocenters. The van der Waals surface area contributed by atoms with Crippen LogP contribution in [0.25, 0.3) is 10.8 Å². The molecule has 7 heteroatoms. The SMILES string of the molecule is C[C@@]1(c2ccc3ccccc3c2)NC(=O)N(CN2CCC[C@H]2c2ccc3c(c2)OCCCO3)C1=O. The molecule has 2 fully saturated rings. The first-order valence-corrected chi connectivity index (χ1v) is 12.3. The highest BCUT2D eigenvalue weighted by Crippen LogP contribution is 2.39. The van der Waals surface area contributed by atoms with E-state index < -0.39 is 5.54 Å². The zero-order valence-electron chi connectivity index (χ0n) is 19.8. The number of carbonyl (C=O) groups is 2. The topological polar surface area (TPSA) is 71.1 Å². The standard InChI is InChI=1S/C28H29N3O4/c1-28(22-11-9-19-6-2-3-7-20(19)16-22)26(32)31(27(33)29-28)18-30-13-4-8-23(30)21-10-12-24-25(17-21)35-15-5-14-34-24/h2-3,6-7,9-12,16-17,23H,4-5,8,13-15,18H2,1H3,(H,29,33)/t23-,28-/m0/s1. The summed E-state index contributed by atoms with van der Waals surface area (Å²) in [6.45, 7) is 4.17. The van der Waals surface area contributed by atoms with Crippen molar-refractivity contribution in [2.45, 2.75) is 37.8 Å². The summed E-state index contributed by atoms with van der Waals surface area (Å²) >= 11 is 0. The van der Waals surface area contributed by atoms with Crippen molar-refractivity contribution in [3.8, 4) is 11.5 Å². The molecule has 2 saturated heterocycles. The van der Waals surface area contributed by atoms with Gasteiger partial charge in [0, 0.05) is 19.0 Å². The normalized spacial score (nSPS) is 24.6. The molecule has 0 aliphatic carbocycles. The summed E-state index contributed by atoms with van der Waals surface area (Å²) in [6, 6.07) is 19.8. The number of likely N-dealkylation sites (tertiary alicyclic amines) is 1. The molecule has 6 rings (SSSR count). The van der Waals surface area contributed by atoms with E-state index in [9.17, 15) is 9.59 Å². The van der Waals surface area contributed by atoms with E-state index in [2.05, 4.69) is 22.3 Å². The maximum Gasteiger partial charge on any atom is 0.326 e. The molecular weight excluding hydrogens is 442 g/mol. The van der Waals surface area contributed by atoms with Gasteiger partial charge < -0.3 is 14.8 Å². The first kappa shape index (κ1) is 21.9. The number of fused-ring (bicyclic) bond motifs is 2. The molecule has 3 aliphatic heterocycles. The van der Waals surface area contributed by atoms with E-state index in [4.69, 9.17) is 9.47 Å². The fraction of sp³-hybridized carbons (Fsp3) is 0.357. The molecular formula is C28H29N3O4. The summed E-state index contributed by atoms with van der Waals surface area (Å²) in [7, 11) is 0. The number of carbonyl (C=O) groups excluding carboxylic acids is 2. The molecule has 3 heterocycles. The third kappa shape index (κ3) is 3.80. The Balaban J connectivity index is 1.24. The smallest absolute Gasteiger partial charge is 0.326 e. The van der Waals surface area contributed by atoms with Crippen LogP contribution >= 0.6 is 0 Å². The van der Waals surface area contributed by atoms with Crippen LogP contribution in [0.2, 0.25) is 0 Å². The van der Waals surface area contributed by atoms with E-state index in [1.54, 1.807) is 6.92 Å². The molecule has 0 spiro atoms. The van der Waals surface area contributed by atoms with Crippen LogP contribution in [0.5, 0.6) is 11.5 Å². The monoisotopic (exact) mass is 471 g/mol. The Bertz CT molecular complexity index is 1310. The Kier molecular flexibility index (Phi) is 5.37. The van der Waals surface area contributed by atoms with Crippen molar-refractivity contribution in [2.75, 3.05) is 26.4 Å². The van der Waals surface area contributed by atoms with E-state index in [0.717, 1.165) is 59.2 Å². The predicted octanol–water partition coefficient (Wildman–Crippen LogP) is 4.56. The van der Waals surface area contributed by atoms with Gasteiger partial charge in [-0.2, -0.15) is 0 Å². The second-order valence-electron chi connectivity index (χ2n) is 9.72. The molecule has 35 heavy (non-hydrogen) atoms. The van der Waals surface area contributed by atoms with Crippen LogP contribution in [-0.2, 0) is 10.3 Å². The molecule has 7 nitrogen and oxygen atoms in total. The summed E-state index contributed by atoms with van der Waals surface area (Å²) in [5.74, 6) is 1.32. The van der Waals surface area contributed by atoms with Crippen LogP contribution in [-0.4, -0.2) is 48.2 Å². The maximum absolute atomic E-state index is 13.6. The highest BCUT2D eigenvalue weighted by Gasteiger charge is 2.50. The third-order valence-electron chi connectivity index (χ3n) is 7.44. The lowest BCUT2D eigenvalue weighted by atomic mass is 9.90. The first-order chi connectivity index (χ1) is 17.0. The van der Waals surface area contributed by atoms with E-state index in [0.29, 0.717) is 13.2 Å². The minimum absolute atomic E-state index is 0.111. The number of benzene rings is 3. The molecule has 0 radical (unpaired) electrons. The summed E-state index contributed by atoms with van der Waals surface area (Å²) in [5, 5.41) is 5.10. The number of hydrogen-bond acceptors (Lipinski definition) is 5. The van der Waals surface area contributed by atoms with Gasteiger partial charge in [-0.05, 0) is 59.9 Å². The number of amides is 3. The highest BCUT2D eigenvalue weighted by molar-refractivity contribution is 6.07. The molecule has 0 aromatic heterocycles. The van der Waals surface area contributed by atoms with Crippen LogP contribution in [0.15, 0.2) is 60.7 Å². The largest absolute Gasteiger partial charge is 0.490 e. The van der Waals surface area contributed by atoms with Crippen LogP contribution in [0, 0.1) is 0 Å². The first-order valence-electron chi connectivity index (χ1n) is 12.3. The van der Waals surface area contributed by atoms with Gasteiger partial charge in [-0.25, -0.2) is 9.69 Å². The number of rotatable bonds is 4. The van der Waals surface area contributed by atoms with Gasteiger partial charge in [0.15, 0.2) is 11.5 Å². The Morgan fingerprint density at radius 3 is 2.60 bits per heavy atom. The van der Waals surface area contributed by atoms with E-state index in [-0.39, 0.29) is 24.6 Å². The molecule has 0 saturated carbocycles. The highest BCUT2D eigenvalue weighted by atomic mass is 16.5. The predicted molar refractivity (Wildman–Crippen MR) is 132 cm³/mol. The lowest BCUT2D eigenvalue weighted by Crippen LogP contribution is -2.43. The van der Waals surface area contributed by atoms with E-state index in [1.165, 1.54) is 4.90 Å². The molecule has 3 aromatic rings. The molecule has 180 valence electrons. The fourth-order valence-corrected chi connectivity index (χ4v) is 5.46. The summed E-state index contributed by atoms with van der Waals surface area (Å²) in [5.41, 5.74) is 0.819. The van der Waals surface area contributed by atoms with Gasteiger partial charge in [-0.3, -0.25) is 9.69 Å². The van der Waals surface area contributed by atoms with Gasteiger partial charge in [0.05, 0.1) is 19.9 Å². The quantitative estimate of drug-likeness (QED) is 0.565. The number of ether oxygens (including phenoxy) is 2. The van der Waals surface area contributed by atoms with Crippen LogP contribution < -0.4 is 14.8 Å². The summed E-state index contributed by atoms with van der Waals surface area (Å²) < 4.78 is 11.7. The third-order valence-corrected chi connectivity index (χ3v) is 7.44. The number of urea groups is 1. The zero-order chi connectivity index (χ0) is 24.0. The summed E-state index contributed by atoms with van der Waals surface area (Å²) in [4.78, 5) is 30.2. The Morgan fingerprint density at radius 1 is 0.943 bits per heavy atom. The Hall–Kier alpha value is -3.58. The van der Waals surface area contributed by atoms with Gasteiger partial charge in [0.25, 0.3) is 5.91 Å². The molecule has 3 aromatic carbocycles. The van der Waals surface area contributed by atoms with Crippen molar-refractivity contribution in [1.82, 2.24) is 15.1 Å². The van der Waals surface area contributed by atoms with Gasteiger partial charge >= 0.3 is 6.03 Å². The maximum atomic E-state index is 13.6. The van der Waals surface area contributed by atoms with Gasteiger partial charge in [0.2, 0.25) is 0 Å². The Labute approximate surface area is 204 Å². The minimum Gasteiger partial charge on any atom is -0.490 e. The van der Waals surface area contributed by atoms with E-state index in [1.807, 2.05) is 48.5 Å². The number of hydrogen-bond donors (Lipinski definition) is 1. The van der Waals surface area contributed by atoms with Crippen LogP contribution in [0.3, 0.4) is 0 Å². The molecule has 0 bridgehead atoms. The lowest BCUT2D eigenvalue weighted by molar-refractivity contribution is -0.132. The summed E-state index contributed by atoms with van der Waals surface area (Å²) in [6.07, 6.45) is 2.83. The van der Waals surface area contributed by atoms with Gasteiger partial charge in [-0.15, -0.1) is 0 Å². The van der Waals surface area contributed by atoms with Gasteiger partial charge in [0.1, 0.15) is 5.54 Å². The number of nitrogens with zero attached hydrogens (tertiary/aromatic N) is 2. The fourth-order valence-electron chi connectivity index (χ4n) is 5.46. The van der Waals surface area contributed by atoms with Crippen molar-refractivity contribution in [2.24, 2.45) is 0 Å². The average molecular weight is 472 g/mol. The van der Waals surface area contributed by atoms with E-state index >= 15 is 0 Å². The van der Waals surface area contributed by atoms with Crippen LogP contribution in [0.4, 0.5) is 4.79 Å². The second kappa shape index (κ2) is 8.57. The van der Waals surface area contributed by atoms with Gasteiger partial charge in [-0.1, -0.05) is 42.5 Å². The zero-order valence-corrected chi connectivity index (χ0v) is 19.8. The average Bonchev–Trinajstić information content (AvgIpc) is 3.32. The number of imide groups is 1. The van der Waals surface area contributed by atoms with Crippen molar-refractivity contribution >= 4 is 22.7 Å². The minimum atomic E-state index is -1.09. The Morgan fingerprint density at radius 2 is 1.74 bits per heavy atom. The van der Waals surface area contributed by atoms with Crippen molar-refractivity contribution in [3.63, 3.8) is 0 Å². The molecule has 1 N–H and O–H groups in total. The lowest BCUT2D eigenvalue weighted by Gasteiger charge is -2.29. The number of nitrogens with one attached hydrogen (secondary N) is 1. The second-order valence-corrected chi connectivity index (χ2v) is 9.72. The van der Waals surface area contributed by atoms with Crippen molar-refractivity contribution in [1.29, 1.82) is 0 Å². The molecule has 0 unspecified atom stereocenters. The molecule has 3 amide bonds. The van der Waals surface area contributed by atoms with Crippen LogP contribution in [0.1, 0.15) is 43.4 Å². The van der Waals surface area contributed by atoms with Crippen molar-refractivity contribution < 1.29 is 19.1 Å². The van der Waals surface area contributed by atoms with Crippen molar-refractivity contribution in [3.05, 3.63) is 71.8 Å².